The minimum atomic E-state index is -0.0437. The number of hydrogen-bond donors (Lipinski definition) is 0. The van der Waals surface area contributed by atoms with E-state index < -0.39 is 0 Å². The summed E-state index contributed by atoms with van der Waals surface area (Å²) in [5.41, 5.74) is 19.8. The number of anilines is 3. The number of rotatable bonds is 7. The molecule has 0 N–H and O–H groups in total. The lowest BCUT2D eigenvalue weighted by Crippen LogP contribution is -2.14. The van der Waals surface area contributed by atoms with Crippen LogP contribution in [0.15, 0.2) is 217 Å². The van der Waals surface area contributed by atoms with Crippen LogP contribution in [0.1, 0.15) is 25.0 Å². The van der Waals surface area contributed by atoms with Crippen molar-refractivity contribution in [3.63, 3.8) is 0 Å². The zero-order valence-electron chi connectivity index (χ0n) is 33.1. The van der Waals surface area contributed by atoms with Gasteiger partial charge in [0.25, 0.3) is 0 Å². The summed E-state index contributed by atoms with van der Waals surface area (Å²) in [5.74, 6) is 0. The SMILES string of the molecule is CC1(C)c2ccccc2-c2cc(-c3ccccc3-c3ccccc3N(c3ccc(-c4ccccc4)cc3)c3cccc(-c4cccc5oc6ccccc6c45)c3)ccc21. The second kappa shape index (κ2) is 13.9. The smallest absolute Gasteiger partial charge is 0.136 e. The molecule has 0 saturated heterocycles. The lowest BCUT2D eigenvalue weighted by Gasteiger charge is -2.29. The second-order valence-electron chi connectivity index (χ2n) is 16.1. The molecule has 0 amide bonds. The van der Waals surface area contributed by atoms with Gasteiger partial charge >= 0.3 is 0 Å². The first kappa shape index (κ1) is 34.8. The topological polar surface area (TPSA) is 16.4 Å². The Morgan fingerprint density at radius 1 is 0.356 bits per heavy atom. The van der Waals surface area contributed by atoms with E-state index in [1.165, 1.54) is 50.1 Å². The normalized spacial score (nSPS) is 12.7. The molecule has 280 valence electrons. The maximum atomic E-state index is 6.33. The van der Waals surface area contributed by atoms with Crippen molar-refractivity contribution in [2.24, 2.45) is 0 Å². The van der Waals surface area contributed by atoms with Gasteiger partial charge in [0.15, 0.2) is 0 Å². The number of fused-ring (bicyclic) bond motifs is 6. The quantitative estimate of drug-likeness (QED) is 0.161. The number of furan rings is 1. The molecule has 0 spiro atoms. The Balaban J connectivity index is 1.09. The first-order valence-electron chi connectivity index (χ1n) is 20.4. The van der Waals surface area contributed by atoms with Crippen molar-refractivity contribution in [1.82, 2.24) is 0 Å². The average Bonchev–Trinajstić information content (AvgIpc) is 3.79. The van der Waals surface area contributed by atoms with E-state index in [-0.39, 0.29) is 5.41 Å². The first-order valence-corrected chi connectivity index (χ1v) is 20.4. The molecule has 11 rings (SSSR count). The van der Waals surface area contributed by atoms with E-state index in [1.54, 1.807) is 0 Å². The van der Waals surface area contributed by atoms with Crippen LogP contribution >= 0.6 is 0 Å². The van der Waals surface area contributed by atoms with E-state index in [0.29, 0.717) is 0 Å². The average molecular weight is 756 g/mol. The Morgan fingerprint density at radius 3 is 1.78 bits per heavy atom. The van der Waals surface area contributed by atoms with Crippen LogP contribution in [0.25, 0.3) is 77.6 Å². The molecule has 2 nitrogen and oxygen atoms in total. The molecule has 0 radical (unpaired) electrons. The van der Waals surface area contributed by atoms with E-state index in [2.05, 4.69) is 219 Å². The number of nitrogens with zero attached hydrogens (tertiary/aromatic N) is 1. The van der Waals surface area contributed by atoms with Gasteiger partial charge in [-0.2, -0.15) is 0 Å². The van der Waals surface area contributed by atoms with Crippen molar-refractivity contribution < 1.29 is 4.42 Å². The molecule has 0 saturated carbocycles. The Hall–Kier alpha value is -7.42. The van der Waals surface area contributed by atoms with Crippen LogP contribution in [0.3, 0.4) is 0 Å². The predicted octanol–water partition coefficient (Wildman–Crippen LogP) is 16.0. The van der Waals surface area contributed by atoms with Gasteiger partial charge in [0.05, 0.1) is 5.69 Å². The molecule has 59 heavy (non-hydrogen) atoms. The zero-order chi connectivity index (χ0) is 39.5. The van der Waals surface area contributed by atoms with Crippen molar-refractivity contribution >= 4 is 39.0 Å². The summed E-state index contributed by atoms with van der Waals surface area (Å²) in [5, 5.41) is 2.26. The Morgan fingerprint density at radius 2 is 0.932 bits per heavy atom. The standard InChI is InChI=1S/C57H41NO/c1-57(2)51-26-11-8-22-47(51)50-37-41(32-35-52(50)57)44-20-6-7-21-46(44)48-23-9-12-27-53(48)58(42-33-30-39(31-34-42)38-16-4-3-5-17-38)43-19-14-18-40(36-43)45-25-15-29-55-56(45)49-24-10-13-28-54(49)59-55/h3-37H,1-2H3. The number of hydrogen-bond acceptors (Lipinski definition) is 2. The monoisotopic (exact) mass is 755 g/mol. The van der Waals surface area contributed by atoms with E-state index in [4.69, 9.17) is 4.42 Å². The van der Waals surface area contributed by atoms with Crippen molar-refractivity contribution in [2.45, 2.75) is 19.3 Å². The molecule has 0 atom stereocenters. The van der Waals surface area contributed by atoms with Crippen LogP contribution in [-0.2, 0) is 5.41 Å². The maximum Gasteiger partial charge on any atom is 0.136 e. The first-order chi connectivity index (χ1) is 29.0. The van der Waals surface area contributed by atoms with Crippen LogP contribution in [-0.4, -0.2) is 0 Å². The van der Waals surface area contributed by atoms with Gasteiger partial charge in [-0.1, -0.05) is 178 Å². The summed E-state index contributed by atoms with van der Waals surface area (Å²) in [7, 11) is 0. The summed E-state index contributed by atoms with van der Waals surface area (Å²) in [6, 6.07) is 76.9. The number of benzene rings is 9. The maximum absolute atomic E-state index is 6.33. The number of para-hydroxylation sites is 2. The zero-order valence-corrected chi connectivity index (χ0v) is 33.1. The van der Waals surface area contributed by atoms with E-state index in [1.807, 2.05) is 12.1 Å². The Labute approximate surface area is 345 Å². The minimum absolute atomic E-state index is 0.0437. The fourth-order valence-electron chi connectivity index (χ4n) is 9.44. The van der Waals surface area contributed by atoms with E-state index >= 15 is 0 Å². The summed E-state index contributed by atoms with van der Waals surface area (Å²) in [6.45, 7) is 4.69. The minimum Gasteiger partial charge on any atom is -0.456 e. The molecule has 2 heteroatoms. The Kier molecular flexibility index (Phi) is 8.20. The molecule has 1 aromatic heterocycles. The molecule has 0 bridgehead atoms. The predicted molar refractivity (Wildman–Crippen MR) is 248 cm³/mol. The van der Waals surface area contributed by atoms with Gasteiger partial charge in [-0.05, 0) is 110 Å². The van der Waals surface area contributed by atoms with Crippen LogP contribution in [0.2, 0.25) is 0 Å². The molecule has 0 unspecified atom stereocenters. The lowest BCUT2D eigenvalue weighted by molar-refractivity contribution is 0.660. The van der Waals surface area contributed by atoms with Crippen molar-refractivity contribution in [3.05, 3.63) is 223 Å². The fourth-order valence-corrected chi connectivity index (χ4v) is 9.44. The fraction of sp³-hybridized carbons (Fsp3) is 0.0526. The second-order valence-corrected chi connectivity index (χ2v) is 16.1. The van der Waals surface area contributed by atoms with Crippen molar-refractivity contribution in [3.8, 4) is 55.6 Å². The molecule has 0 aliphatic heterocycles. The van der Waals surface area contributed by atoms with Gasteiger partial charge in [0, 0.05) is 33.1 Å². The van der Waals surface area contributed by atoms with Gasteiger partial charge in [-0.15, -0.1) is 0 Å². The highest BCUT2D eigenvalue weighted by molar-refractivity contribution is 6.12. The van der Waals surface area contributed by atoms with Crippen molar-refractivity contribution in [2.75, 3.05) is 4.90 Å². The molecule has 1 heterocycles. The summed E-state index contributed by atoms with van der Waals surface area (Å²) in [6.07, 6.45) is 0. The highest BCUT2D eigenvalue weighted by Crippen LogP contribution is 2.51. The third kappa shape index (κ3) is 5.79. The highest BCUT2D eigenvalue weighted by Gasteiger charge is 2.35. The molecule has 9 aromatic carbocycles. The van der Waals surface area contributed by atoms with Gasteiger partial charge < -0.3 is 9.32 Å². The van der Waals surface area contributed by atoms with E-state index in [0.717, 1.165) is 55.7 Å². The van der Waals surface area contributed by atoms with Crippen LogP contribution in [0, 0.1) is 0 Å². The Bertz CT molecular complexity index is 3190. The van der Waals surface area contributed by atoms with Crippen LogP contribution in [0.4, 0.5) is 17.1 Å². The van der Waals surface area contributed by atoms with Gasteiger partial charge in [-0.3, -0.25) is 0 Å². The summed E-state index contributed by atoms with van der Waals surface area (Å²) in [4.78, 5) is 2.42. The van der Waals surface area contributed by atoms with E-state index in [9.17, 15) is 0 Å². The molecular weight excluding hydrogens is 715 g/mol. The van der Waals surface area contributed by atoms with Gasteiger partial charge in [-0.25, -0.2) is 0 Å². The molecule has 10 aromatic rings. The summed E-state index contributed by atoms with van der Waals surface area (Å²) < 4.78 is 6.33. The molecule has 1 aliphatic carbocycles. The summed E-state index contributed by atoms with van der Waals surface area (Å²) >= 11 is 0. The molecule has 0 fully saturated rings. The van der Waals surface area contributed by atoms with Crippen LogP contribution in [0.5, 0.6) is 0 Å². The van der Waals surface area contributed by atoms with Crippen LogP contribution < -0.4 is 4.90 Å². The molecule has 1 aliphatic rings. The van der Waals surface area contributed by atoms with Gasteiger partial charge in [0.1, 0.15) is 11.2 Å². The lowest BCUT2D eigenvalue weighted by atomic mass is 9.82. The van der Waals surface area contributed by atoms with Gasteiger partial charge in [0.2, 0.25) is 0 Å². The largest absolute Gasteiger partial charge is 0.456 e. The third-order valence-corrected chi connectivity index (χ3v) is 12.3. The third-order valence-electron chi connectivity index (χ3n) is 12.3. The molecular formula is C57H41NO. The highest BCUT2D eigenvalue weighted by atomic mass is 16.3. The van der Waals surface area contributed by atoms with Crippen molar-refractivity contribution in [1.29, 1.82) is 0 Å².